The van der Waals surface area contributed by atoms with E-state index in [9.17, 15) is 24.3 Å². The van der Waals surface area contributed by atoms with E-state index < -0.39 is 69.8 Å². The van der Waals surface area contributed by atoms with E-state index >= 15 is 0 Å². The van der Waals surface area contributed by atoms with Gasteiger partial charge in [0.2, 0.25) is 5.79 Å². The predicted octanol–water partition coefficient (Wildman–Crippen LogP) is 2.14. The molecule has 1 saturated carbocycles. The van der Waals surface area contributed by atoms with E-state index in [2.05, 4.69) is 6.58 Å². The molecular weight excluding hydrogens is 432 g/mol. The molecule has 3 aliphatic heterocycles. The van der Waals surface area contributed by atoms with Gasteiger partial charge in [0, 0.05) is 17.8 Å². The van der Waals surface area contributed by atoms with Crippen molar-refractivity contribution in [2.45, 2.75) is 70.6 Å². The molecule has 5 rings (SSSR count). The van der Waals surface area contributed by atoms with Gasteiger partial charge in [-0.3, -0.25) is 14.4 Å². The van der Waals surface area contributed by atoms with Gasteiger partial charge in [-0.1, -0.05) is 32.6 Å². The Hall–Kier alpha value is -2.52. The van der Waals surface area contributed by atoms with Crippen LogP contribution >= 0.6 is 0 Å². The lowest BCUT2D eigenvalue weighted by atomic mass is 9.44. The van der Waals surface area contributed by atoms with Crippen molar-refractivity contribution in [2.24, 2.45) is 28.6 Å². The van der Waals surface area contributed by atoms with Gasteiger partial charge in [-0.25, -0.2) is 4.79 Å². The molecule has 2 bridgehead atoms. The van der Waals surface area contributed by atoms with Crippen LogP contribution in [0.25, 0.3) is 0 Å². The van der Waals surface area contributed by atoms with Gasteiger partial charge in [0.1, 0.15) is 0 Å². The molecule has 0 aromatic rings. The van der Waals surface area contributed by atoms with Gasteiger partial charge in [0.25, 0.3) is 5.78 Å². The molecule has 33 heavy (non-hydrogen) atoms. The van der Waals surface area contributed by atoms with Crippen LogP contribution in [0, 0.1) is 28.6 Å². The molecular formula is C24H28O9. The summed E-state index contributed by atoms with van der Waals surface area (Å²) < 4.78 is 23.5. The maximum absolute atomic E-state index is 13.5. The number of esters is 2. The summed E-state index contributed by atoms with van der Waals surface area (Å²) in [6.07, 6.45) is 4.39. The predicted molar refractivity (Wildman–Crippen MR) is 110 cm³/mol. The molecule has 1 N–H and O–H groups in total. The van der Waals surface area contributed by atoms with Gasteiger partial charge in [-0.2, -0.15) is 0 Å². The Kier molecular flexibility index (Phi) is 4.41. The van der Waals surface area contributed by atoms with Crippen LogP contribution in [0.3, 0.4) is 0 Å². The molecule has 9 nitrogen and oxygen atoms in total. The average Bonchev–Trinajstić information content (AvgIpc) is 3.28. The van der Waals surface area contributed by atoms with Crippen molar-refractivity contribution < 1.29 is 43.2 Å². The number of ether oxygens (including phenoxy) is 4. The lowest BCUT2D eigenvalue weighted by molar-refractivity contribution is -0.319. The highest BCUT2D eigenvalue weighted by Gasteiger charge is 2.89. The minimum absolute atomic E-state index is 0.137. The summed E-state index contributed by atoms with van der Waals surface area (Å²) in [5.41, 5.74) is -4.20. The van der Waals surface area contributed by atoms with E-state index in [0.717, 1.165) is 6.92 Å². The van der Waals surface area contributed by atoms with E-state index in [0.29, 0.717) is 19.3 Å². The number of carboxylic acid groups (broad SMARTS) is 1. The largest absolute Gasteiger partial charge is 0.481 e. The second kappa shape index (κ2) is 6.54. The highest BCUT2D eigenvalue weighted by molar-refractivity contribution is 6.21. The molecule has 2 aliphatic carbocycles. The molecule has 5 aliphatic rings. The van der Waals surface area contributed by atoms with Crippen LogP contribution in [0.5, 0.6) is 0 Å². The third-order valence-corrected chi connectivity index (χ3v) is 8.98. The Bertz CT molecular complexity index is 1030. The number of carbonyl (C=O) groups is 4. The number of allylic oxidation sites excluding steroid dienone is 1. The Morgan fingerprint density at radius 1 is 1.21 bits per heavy atom. The first-order valence-electron chi connectivity index (χ1n) is 11.3. The standard InChI is InChI=1S/C24H28O9/c1-11-17(26)23(20(29)30-11,32-13(3)25)24-22(5)16-7-6-15(19(27)28)10-14(16)8-9-21(22,4)18(33-24)12(2)31-24/h8-9,12,14-16,18H,1,6-7,10H2,2-5H3,(H,27,28)/t12-,14+,15+,16-,18+,21?,22+,23+,24-/m1/s1. The van der Waals surface area contributed by atoms with Gasteiger partial charge in [0.15, 0.2) is 5.76 Å². The van der Waals surface area contributed by atoms with Gasteiger partial charge < -0.3 is 24.1 Å². The smallest absolute Gasteiger partial charge is 0.370 e. The monoisotopic (exact) mass is 460 g/mol. The highest BCUT2D eigenvalue weighted by Crippen LogP contribution is 2.75. The summed E-state index contributed by atoms with van der Waals surface area (Å²) in [6.45, 7) is 10.3. The zero-order valence-corrected chi connectivity index (χ0v) is 19.1. The topological polar surface area (TPSA) is 125 Å². The Morgan fingerprint density at radius 2 is 1.91 bits per heavy atom. The molecule has 0 radical (unpaired) electrons. The maximum atomic E-state index is 13.5. The number of cyclic esters (lactones) is 1. The maximum Gasteiger partial charge on any atom is 0.370 e. The molecule has 0 spiro atoms. The molecule has 9 heteroatoms. The average molecular weight is 460 g/mol. The third kappa shape index (κ3) is 2.30. The van der Waals surface area contributed by atoms with Gasteiger partial charge >= 0.3 is 23.5 Å². The first kappa shape index (κ1) is 22.3. The van der Waals surface area contributed by atoms with E-state index in [1.807, 2.05) is 26.0 Å². The van der Waals surface area contributed by atoms with Crippen LogP contribution < -0.4 is 0 Å². The van der Waals surface area contributed by atoms with Crippen molar-refractivity contribution in [3.8, 4) is 0 Å². The van der Waals surface area contributed by atoms with Crippen molar-refractivity contribution in [2.75, 3.05) is 0 Å². The summed E-state index contributed by atoms with van der Waals surface area (Å²) >= 11 is 0. The molecule has 3 saturated heterocycles. The minimum atomic E-state index is -2.50. The Labute approximate surface area is 191 Å². The second-order valence-corrected chi connectivity index (χ2v) is 10.4. The molecule has 4 fully saturated rings. The van der Waals surface area contributed by atoms with E-state index in [1.54, 1.807) is 6.92 Å². The van der Waals surface area contributed by atoms with Crippen molar-refractivity contribution in [1.29, 1.82) is 0 Å². The molecule has 0 amide bonds. The molecule has 3 heterocycles. The number of aliphatic carboxylic acids is 1. The quantitative estimate of drug-likeness (QED) is 0.292. The number of hydrogen-bond acceptors (Lipinski definition) is 8. The van der Waals surface area contributed by atoms with Crippen LogP contribution in [-0.4, -0.2) is 52.4 Å². The van der Waals surface area contributed by atoms with E-state index in [4.69, 9.17) is 18.9 Å². The number of hydrogen-bond donors (Lipinski definition) is 1. The van der Waals surface area contributed by atoms with Crippen LogP contribution in [-0.2, 0) is 38.1 Å². The zero-order valence-electron chi connectivity index (χ0n) is 19.1. The van der Waals surface area contributed by atoms with Crippen LogP contribution in [0.15, 0.2) is 24.5 Å². The van der Waals surface area contributed by atoms with Crippen molar-refractivity contribution in [3.05, 3.63) is 24.5 Å². The summed E-state index contributed by atoms with van der Waals surface area (Å²) in [5.74, 6) is -6.89. The SMILES string of the molecule is C=C1OC(=O)[C@](OC(C)=O)([C@]23O[C@H](C)[C@H](O2)C2(C)C=C[C@H]4C[C@@H](C(=O)O)CC[C@H]4[C@@]23C)C1=O. The van der Waals surface area contributed by atoms with E-state index in [-0.39, 0.29) is 11.8 Å². The van der Waals surface area contributed by atoms with Crippen LogP contribution in [0.2, 0.25) is 0 Å². The van der Waals surface area contributed by atoms with Crippen molar-refractivity contribution >= 4 is 23.7 Å². The second-order valence-electron chi connectivity index (χ2n) is 10.4. The number of carbonyl (C=O) groups excluding carboxylic acids is 3. The minimum Gasteiger partial charge on any atom is -0.481 e. The van der Waals surface area contributed by atoms with Crippen LogP contribution in [0.1, 0.15) is 47.0 Å². The van der Waals surface area contributed by atoms with E-state index in [1.165, 1.54) is 0 Å². The fourth-order valence-corrected chi connectivity index (χ4v) is 7.43. The summed E-state index contributed by atoms with van der Waals surface area (Å²) in [4.78, 5) is 50.8. The summed E-state index contributed by atoms with van der Waals surface area (Å²) in [5, 5.41) is 9.59. The molecule has 178 valence electrons. The first-order chi connectivity index (χ1) is 15.4. The third-order valence-electron chi connectivity index (χ3n) is 8.98. The van der Waals surface area contributed by atoms with Gasteiger partial charge in [-0.05, 0) is 38.0 Å². The molecule has 0 aromatic heterocycles. The first-order valence-corrected chi connectivity index (χ1v) is 11.3. The van der Waals surface area contributed by atoms with Gasteiger partial charge in [0.05, 0.1) is 18.1 Å². The number of carboxylic acids is 1. The molecule has 9 atom stereocenters. The van der Waals surface area contributed by atoms with Gasteiger partial charge in [-0.15, -0.1) is 0 Å². The fraction of sp³-hybridized carbons (Fsp3) is 0.667. The molecule has 0 aromatic carbocycles. The number of Topliss-reactive ketones (excluding diaryl/α,β-unsaturated/α-hetero) is 1. The van der Waals surface area contributed by atoms with Crippen molar-refractivity contribution in [3.63, 3.8) is 0 Å². The lowest BCUT2D eigenvalue weighted by Crippen LogP contribution is -2.75. The number of rotatable bonds is 3. The number of ketones is 1. The highest BCUT2D eigenvalue weighted by atomic mass is 16.8. The summed E-state index contributed by atoms with van der Waals surface area (Å²) in [6, 6.07) is 0. The Balaban J connectivity index is 1.74. The number of fused-ring (bicyclic) bond motifs is 7. The fourth-order valence-electron chi connectivity index (χ4n) is 7.43. The summed E-state index contributed by atoms with van der Waals surface area (Å²) in [7, 11) is 0. The lowest BCUT2D eigenvalue weighted by Gasteiger charge is -2.61. The Morgan fingerprint density at radius 3 is 2.48 bits per heavy atom. The van der Waals surface area contributed by atoms with Crippen molar-refractivity contribution in [1.82, 2.24) is 0 Å². The normalized spacial score (nSPS) is 50.1. The zero-order chi connectivity index (χ0) is 24.1. The molecule has 1 unspecified atom stereocenters. The van der Waals surface area contributed by atoms with Crippen LogP contribution in [0.4, 0.5) is 0 Å².